The van der Waals surface area contributed by atoms with Gasteiger partial charge < -0.3 is 5.73 Å². The number of hydrogen-bond donors (Lipinski definition) is 1. The lowest BCUT2D eigenvalue weighted by atomic mass is 10.0. The highest BCUT2D eigenvalue weighted by atomic mass is 35.5. The molecule has 0 saturated carbocycles. The Labute approximate surface area is 103 Å². The molecule has 0 fully saturated rings. The summed E-state index contributed by atoms with van der Waals surface area (Å²) in [7, 11) is 0. The minimum atomic E-state index is -0.452. The van der Waals surface area contributed by atoms with Crippen molar-refractivity contribution in [2.24, 2.45) is 0 Å². The molecule has 0 spiro atoms. The number of hydrogen-bond acceptors (Lipinski definition) is 2. The zero-order valence-electron chi connectivity index (χ0n) is 8.74. The Morgan fingerprint density at radius 3 is 2.53 bits per heavy atom. The van der Waals surface area contributed by atoms with Crippen LogP contribution in [0.4, 0.5) is 10.1 Å². The monoisotopic (exact) mass is 246 g/mol. The Bertz CT molecular complexity index is 617. The molecule has 2 aromatic carbocycles. The van der Waals surface area contributed by atoms with E-state index >= 15 is 0 Å². The number of nitriles is 1. The SMILES string of the molecule is N#Cc1cc(F)cc(-c2ccc(N)c(Cl)c2)c1. The normalized spacial score (nSPS) is 9.94. The molecule has 0 aliphatic rings. The summed E-state index contributed by atoms with van der Waals surface area (Å²) >= 11 is 5.89. The molecule has 0 heterocycles. The summed E-state index contributed by atoms with van der Waals surface area (Å²) in [5, 5.41) is 9.18. The van der Waals surface area contributed by atoms with E-state index in [1.807, 2.05) is 6.07 Å². The number of benzene rings is 2. The smallest absolute Gasteiger partial charge is 0.125 e. The summed E-state index contributed by atoms with van der Waals surface area (Å²) < 4.78 is 13.3. The van der Waals surface area contributed by atoms with Gasteiger partial charge in [-0.1, -0.05) is 17.7 Å². The highest BCUT2D eigenvalue weighted by molar-refractivity contribution is 6.33. The minimum Gasteiger partial charge on any atom is -0.398 e. The van der Waals surface area contributed by atoms with Crippen LogP contribution in [0, 0.1) is 17.1 Å². The van der Waals surface area contributed by atoms with Crippen LogP contribution in [0.25, 0.3) is 11.1 Å². The van der Waals surface area contributed by atoms with E-state index in [1.165, 1.54) is 12.1 Å². The zero-order valence-corrected chi connectivity index (χ0v) is 9.50. The largest absolute Gasteiger partial charge is 0.398 e. The lowest BCUT2D eigenvalue weighted by molar-refractivity contribution is 0.628. The summed E-state index contributed by atoms with van der Waals surface area (Å²) in [6.07, 6.45) is 0. The molecule has 17 heavy (non-hydrogen) atoms. The maximum atomic E-state index is 13.3. The molecule has 0 amide bonds. The summed E-state index contributed by atoms with van der Waals surface area (Å²) in [5.74, 6) is -0.452. The van der Waals surface area contributed by atoms with Crippen LogP contribution >= 0.6 is 11.6 Å². The van der Waals surface area contributed by atoms with Crippen molar-refractivity contribution in [3.63, 3.8) is 0 Å². The highest BCUT2D eigenvalue weighted by Crippen LogP contribution is 2.28. The second-order valence-electron chi connectivity index (χ2n) is 3.58. The molecule has 0 aliphatic carbocycles. The van der Waals surface area contributed by atoms with Gasteiger partial charge in [0, 0.05) is 0 Å². The Hall–Kier alpha value is -2.05. The Morgan fingerprint density at radius 1 is 1.12 bits per heavy atom. The molecular formula is C13H8ClFN2. The van der Waals surface area contributed by atoms with Crippen LogP contribution in [-0.2, 0) is 0 Å². The fourth-order valence-corrected chi connectivity index (χ4v) is 1.71. The Kier molecular flexibility index (Phi) is 2.99. The second kappa shape index (κ2) is 4.44. The number of nitrogens with zero attached hydrogens (tertiary/aromatic N) is 1. The first-order valence-corrected chi connectivity index (χ1v) is 5.24. The van der Waals surface area contributed by atoms with Crippen molar-refractivity contribution in [2.45, 2.75) is 0 Å². The van der Waals surface area contributed by atoms with Crippen molar-refractivity contribution in [2.75, 3.05) is 5.73 Å². The van der Waals surface area contributed by atoms with E-state index in [1.54, 1.807) is 24.3 Å². The molecule has 2 N–H and O–H groups in total. The standard InChI is InChI=1S/C13H8ClFN2/c14-12-6-9(1-2-13(12)17)10-3-8(7-16)4-11(15)5-10/h1-6H,17H2. The molecule has 2 aromatic rings. The van der Waals surface area contributed by atoms with E-state index in [-0.39, 0.29) is 5.56 Å². The lowest BCUT2D eigenvalue weighted by Gasteiger charge is -2.05. The van der Waals surface area contributed by atoms with Crippen LogP contribution in [0.5, 0.6) is 0 Å². The molecule has 0 aromatic heterocycles. The summed E-state index contributed by atoms with van der Waals surface area (Å²) in [6, 6.07) is 11.1. The van der Waals surface area contributed by atoms with Crippen LogP contribution in [0.15, 0.2) is 36.4 Å². The predicted octanol–water partition coefficient (Wildman–Crippen LogP) is 3.60. The maximum Gasteiger partial charge on any atom is 0.125 e. The van der Waals surface area contributed by atoms with Crippen molar-refractivity contribution in [3.8, 4) is 17.2 Å². The van der Waals surface area contributed by atoms with Gasteiger partial charge in [-0.25, -0.2) is 4.39 Å². The van der Waals surface area contributed by atoms with Gasteiger partial charge in [-0.2, -0.15) is 5.26 Å². The van der Waals surface area contributed by atoms with Gasteiger partial charge in [0.1, 0.15) is 5.82 Å². The molecule has 2 rings (SSSR count). The van der Waals surface area contributed by atoms with Gasteiger partial charge in [0.2, 0.25) is 0 Å². The van der Waals surface area contributed by atoms with Crippen LogP contribution in [-0.4, -0.2) is 0 Å². The number of rotatable bonds is 1. The van der Waals surface area contributed by atoms with Gasteiger partial charge in [0.05, 0.1) is 22.3 Å². The van der Waals surface area contributed by atoms with E-state index in [9.17, 15) is 4.39 Å². The van der Waals surface area contributed by atoms with Gasteiger partial charge in [-0.05, 0) is 41.5 Å². The molecule has 0 atom stereocenters. The van der Waals surface area contributed by atoms with Gasteiger partial charge in [-0.3, -0.25) is 0 Å². The minimum absolute atomic E-state index is 0.271. The van der Waals surface area contributed by atoms with Gasteiger partial charge >= 0.3 is 0 Å². The molecule has 0 bridgehead atoms. The lowest BCUT2D eigenvalue weighted by Crippen LogP contribution is -1.88. The molecular weight excluding hydrogens is 239 g/mol. The van der Waals surface area contributed by atoms with Crippen molar-refractivity contribution < 1.29 is 4.39 Å². The average Bonchev–Trinajstić information content (AvgIpc) is 2.32. The van der Waals surface area contributed by atoms with Crippen LogP contribution < -0.4 is 5.73 Å². The van der Waals surface area contributed by atoms with E-state index in [0.717, 1.165) is 5.56 Å². The molecule has 4 heteroatoms. The summed E-state index contributed by atoms with van der Waals surface area (Å²) in [4.78, 5) is 0. The van der Waals surface area contributed by atoms with Gasteiger partial charge in [0.15, 0.2) is 0 Å². The highest BCUT2D eigenvalue weighted by Gasteiger charge is 2.05. The fourth-order valence-electron chi connectivity index (χ4n) is 1.53. The van der Waals surface area contributed by atoms with Crippen molar-refractivity contribution >= 4 is 17.3 Å². The summed E-state index contributed by atoms with van der Waals surface area (Å²) in [6.45, 7) is 0. The van der Waals surface area contributed by atoms with Crippen molar-refractivity contribution in [3.05, 3.63) is 52.8 Å². The first-order valence-electron chi connectivity index (χ1n) is 4.86. The van der Waals surface area contributed by atoms with E-state index in [4.69, 9.17) is 22.6 Å². The molecule has 0 aliphatic heterocycles. The van der Waals surface area contributed by atoms with Crippen LogP contribution in [0.2, 0.25) is 5.02 Å². The number of nitrogens with two attached hydrogens (primary N) is 1. The average molecular weight is 247 g/mol. The quantitative estimate of drug-likeness (QED) is 0.782. The predicted molar refractivity (Wildman–Crippen MR) is 66.0 cm³/mol. The first-order chi connectivity index (χ1) is 8.10. The second-order valence-corrected chi connectivity index (χ2v) is 3.98. The number of nitrogen functional groups attached to an aromatic ring is 1. The molecule has 84 valence electrons. The van der Waals surface area contributed by atoms with Crippen molar-refractivity contribution in [1.29, 1.82) is 5.26 Å². The topological polar surface area (TPSA) is 49.8 Å². The maximum absolute atomic E-state index is 13.3. The zero-order chi connectivity index (χ0) is 12.4. The van der Waals surface area contributed by atoms with E-state index < -0.39 is 5.82 Å². The Morgan fingerprint density at radius 2 is 1.88 bits per heavy atom. The van der Waals surface area contributed by atoms with E-state index in [2.05, 4.69) is 0 Å². The van der Waals surface area contributed by atoms with E-state index in [0.29, 0.717) is 16.3 Å². The van der Waals surface area contributed by atoms with Gasteiger partial charge in [0.25, 0.3) is 0 Å². The van der Waals surface area contributed by atoms with Crippen LogP contribution in [0.1, 0.15) is 5.56 Å². The third-order valence-corrected chi connectivity index (χ3v) is 2.69. The van der Waals surface area contributed by atoms with Crippen LogP contribution in [0.3, 0.4) is 0 Å². The molecule has 0 radical (unpaired) electrons. The summed E-state index contributed by atoms with van der Waals surface area (Å²) in [5.41, 5.74) is 7.65. The number of anilines is 1. The Balaban J connectivity index is 2.56. The third kappa shape index (κ3) is 2.38. The third-order valence-electron chi connectivity index (χ3n) is 2.36. The van der Waals surface area contributed by atoms with Crippen molar-refractivity contribution in [1.82, 2.24) is 0 Å². The fraction of sp³-hybridized carbons (Fsp3) is 0. The molecule has 0 unspecified atom stereocenters. The molecule has 0 saturated heterocycles. The number of halogens is 2. The first kappa shape index (κ1) is 11.4. The molecule has 2 nitrogen and oxygen atoms in total. The van der Waals surface area contributed by atoms with Gasteiger partial charge in [-0.15, -0.1) is 0 Å².